The van der Waals surface area contributed by atoms with Crippen molar-refractivity contribution >= 4 is 23.0 Å². The summed E-state index contributed by atoms with van der Waals surface area (Å²) in [6.07, 6.45) is 2.45. The van der Waals surface area contributed by atoms with Gasteiger partial charge < -0.3 is 24.3 Å². The number of H-pyrrole nitrogens is 1. The maximum Gasteiger partial charge on any atom is 0.328 e. The average Bonchev–Trinajstić information content (AvgIpc) is 3.09. The molecular formula is C26H30N4O4. The number of amides is 2. The van der Waals surface area contributed by atoms with Crippen LogP contribution in [0.1, 0.15) is 37.6 Å². The molecule has 0 bridgehead atoms. The number of rotatable bonds is 3. The highest BCUT2D eigenvalue weighted by atomic mass is 16.5. The van der Waals surface area contributed by atoms with Crippen LogP contribution in [0.3, 0.4) is 0 Å². The summed E-state index contributed by atoms with van der Waals surface area (Å²) in [4.78, 5) is 37.2. The molecule has 8 nitrogen and oxygen atoms in total. The lowest BCUT2D eigenvalue weighted by Crippen LogP contribution is -2.53. The molecule has 0 radical (unpaired) electrons. The highest BCUT2D eigenvalue weighted by molar-refractivity contribution is 5.84. The number of urea groups is 1. The van der Waals surface area contributed by atoms with Gasteiger partial charge >= 0.3 is 12.0 Å². The van der Waals surface area contributed by atoms with Crippen LogP contribution in [0.15, 0.2) is 36.4 Å². The molecule has 1 saturated heterocycles. The molecule has 3 aromatic rings. The van der Waals surface area contributed by atoms with E-state index in [4.69, 9.17) is 9.47 Å². The average molecular weight is 463 g/mol. The first-order valence-electron chi connectivity index (χ1n) is 12.0. The SMILES string of the molecule is CCOC(=O)C1CCCCN1C(=O)N1CCOc2ccc(-c3ccc4nc(C)[nH]c4c3)cc2C1. The van der Waals surface area contributed by atoms with Gasteiger partial charge in [0.2, 0.25) is 0 Å². The summed E-state index contributed by atoms with van der Waals surface area (Å²) >= 11 is 0. The second kappa shape index (κ2) is 9.37. The third kappa shape index (κ3) is 4.32. The lowest BCUT2D eigenvalue weighted by molar-refractivity contribution is -0.149. The van der Waals surface area contributed by atoms with E-state index in [1.54, 1.807) is 16.7 Å². The Morgan fingerprint density at radius 3 is 2.82 bits per heavy atom. The van der Waals surface area contributed by atoms with Crippen molar-refractivity contribution in [3.63, 3.8) is 0 Å². The number of fused-ring (bicyclic) bond motifs is 2. The normalized spacial score (nSPS) is 18.2. The quantitative estimate of drug-likeness (QED) is 0.588. The highest BCUT2D eigenvalue weighted by Crippen LogP contribution is 2.31. The Labute approximate surface area is 198 Å². The molecule has 2 amide bonds. The van der Waals surface area contributed by atoms with E-state index < -0.39 is 6.04 Å². The van der Waals surface area contributed by atoms with Gasteiger partial charge in [-0.2, -0.15) is 0 Å². The molecule has 1 N–H and O–H groups in total. The van der Waals surface area contributed by atoms with Crippen LogP contribution in [0.5, 0.6) is 5.75 Å². The zero-order valence-electron chi connectivity index (χ0n) is 19.7. The van der Waals surface area contributed by atoms with Gasteiger partial charge in [-0.3, -0.25) is 0 Å². The van der Waals surface area contributed by atoms with Gasteiger partial charge in [0.05, 0.1) is 30.7 Å². The maximum absolute atomic E-state index is 13.5. The zero-order valence-corrected chi connectivity index (χ0v) is 19.7. The van der Waals surface area contributed by atoms with E-state index >= 15 is 0 Å². The van der Waals surface area contributed by atoms with Crippen molar-refractivity contribution in [1.82, 2.24) is 19.8 Å². The molecule has 3 heterocycles. The first kappa shape index (κ1) is 22.3. The van der Waals surface area contributed by atoms with Gasteiger partial charge in [-0.15, -0.1) is 0 Å². The van der Waals surface area contributed by atoms with Gasteiger partial charge in [0.1, 0.15) is 24.2 Å². The van der Waals surface area contributed by atoms with E-state index in [-0.39, 0.29) is 12.0 Å². The topological polar surface area (TPSA) is 87.8 Å². The summed E-state index contributed by atoms with van der Waals surface area (Å²) in [5.41, 5.74) is 5.00. The minimum absolute atomic E-state index is 0.131. The van der Waals surface area contributed by atoms with Crippen molar-refractivity contribution in [2.24, 2.45) is 0 Å². The van der Waals surface area contributed by atoms with Crippen molar-refractivity contribution < 1.29 is 19.1 Å². The number of carbonyl (C=O) groups excluding carboxylic acids is 2. The number of imidazole rings is 1. The molecule has 0 aliphatic carbocycles. The summed E-state index contributed by atoms with van der Waals surface area (Å²) in [5, 5.41) is 0. The van der Waals surface area contributed by atoms with Crippen LogP contribution in [0, 0.1) is 6.92 Å². The van der Waals surface area contributed by atoms with Crippen LogP contribution in [0.4, 0.5) is 4.79 Å². The summed E-state index contributed by atoms with van der Waals surface area (Å²) < 4.78 is 11.2. The van der Waals surface area contributed by atoms with Crippen LogP contribution >= 0.6 is 0 Å². The zero-order chi connectivity index (χ0) is 23.7. The minimum atomic E-state index is -0.513. The number of nitrogens with one attached hydrogen (secondary N) is 1. The maximum atomic E-state index is 13.5. The van der Waals surface area contributed by atoms with Gasteiger partial charge in [-0.25, -0.2) is 14.6 Å². The number of nitrogens with zero attached hydrogens (tertiary/aromatic N) is 3. The van der Waals surface area contributed by atoms with E-state index in [0.717, 1.165) is 52.1 Å². The monoisotopic (exact) mass is 462 g/mol. The predicted octanol–water partition coefficient (Wildman–Crippen LogP) is 4.27. The number of benzene rings is 2. The first-order valence-corrected chi connectivity index (χ1v) is 12.0. The molecule has 0 spiro atoms. The Kier molecular flexibility index (Phi) is 6.13. The van der Waals surface area contributed by atoms with E-state index in [1.165, 1.54) is 0 Å². The molecule has 1 atom stereocenters. The Morgan fingerprint density at radius 1 is 1.15 bits per heavy atom. The third-order valence-corrected chi connectivity index (χ3v) is 6.55. The molecule has 1 unspecified atom stereocenters. The number of esters is 1. The summed E-state index contributed by atoms with van der Waals surface area (Å²) in [5.74, 6) is 1.36. The molecule has 0 saturated carbocycles. The number of piperidine rings is 1. The van der Waals surface area contributed by atoms with E-state index in [1.807, 2.05) is 25.1 Å². The molecule has 2 aliphatic heterocycles. The molecule has 8 heteroatoms. The van der Waals surface area contributed by atoms with Crippen molar-refractivity contribution in [2.75, 3.05) is 26.3 Å². The Hall–Kier alpha value is -3.55. The Balaban J connectivity index is 1.40. The second-order valence-corrected chi connectivity index (χ2v) is 8.89. The number of aromatic amines is 1. The largest absolute Gasteiger partial charge is 0.491 e. The lowest BCUT2D eigenvalue weighted by Gasteiger charge is -2.37. The number of likely N-dealkylation sites (tertiary alicyclic amines) is 1. The van der Waals surface area contributed by atoms with Gasteiger partial charge in [0.25, 0.3) is 0 Å². The van der Waals surface area contributed by atoms with Crippen molar-refractivity contribution in [3.05, 3.63) is 47.8 Å². The number of aryl methyl sites for hydroxylation is 1. The molecule has 1 fully saturated rings. The number of aromatic nitrogens is 2. The predicted molar refractivity (Wildman–Crippen MR) is 129 cm³/mol. The summed E-state index contributed by atoms with van der Waals surface area (Å²) in [7, 11) is 0. The second-order valence-electron chi connectivity index (χ2n) is 8.89. The molecule has 178 valence electrons. The van der Waals surface area contributed by atoms with Crippen LogP contribution in [0.25, 0.3) is 22.2 Å². The lowest BCUT2D eigenvalue weighted by atomic mass is 10.0. The smallest absolute Gasteiger partial charge is 0.328 e. The standard InChI is InChI=1S/C26H30N4O4/c1-3-33-25(31)23-6-4-5-11-30(23)26(32)29-12-13-34-24-10-8-18(14-20(24)16-29)19-7-9-21-22(15-19)28-17(2)27-21/h7-10,14-15,23H,3-6,11-13,16H2,1-2H3,(H,27,28). The molecule has 2 aromatic carbocycles. The molecule has 2 aliphatic rings. The molecular weight excluding hydrogens is 432 g/mol. The fourth-order valence-electron chi connectivity index (χ4n) is 4.88. The first-order chi connectivity index (χ1) is 16.5. The minimum Gasteiger partial charge on any atom is -0.491 e. The van der Waals surface area contributed by atoms with Gasteiger partial charge in [-0.05, 0) is 68.5 Å². The number of ether oxygens (including phenoxy) is 2. The molecule has 1 aromatic heterocycles. The van der Waals surface area contributed by atoms with E-state index in [9.17, 15) is 9.59 Å². The van der Waals surface area contributed by atoms with Crippen molar-refractivity contribution in [3.8, 4) is 16.9 Å². The Bertz CT molecular complexity index is 1220. The highest BCUT2D eigenvalue weighted by Gasteiger charge is 2.36. The number of hydrogen-bond acceptors (Lipinski definition) is 5. The van der Waals surface area contributed by atoms with Crippen LogP contribution in [-0.4, -0.2) is 64.1 Å². The fourth-order valence-corrected chi connectivity index (χ4v) is 4.88. The van der Waals surface area contributed by atoms with E-state index in [0.29, 0.717) is 39.3 Å². The number of carbonyl (C=O) groups is 2. The summed E-state index contributed by atoms with van der Waals surface area (Å²) in [6, 6.07) is 11.6. The molecule has 34 heavy (non-hydrogen) atoms. The van der Waals surface area contributed by atoms with Crippen molar-refractivity contribution in [2.45, 2.75) is 45.7 Å². The summed E-state index contributed by atoms with van der Waals surface area (Å²) in [6.45, 7) is 5.92. The van der Waals surface area contributed by atoms with Crippen LogP contribution < -0.4 is 4.74 Å². The van der Waals surface area contributed by atoms with Crippen LogP contribution in [-0.2, 0) is 16.1 Å². The fraction of sp³-hybridized carbons (Fsp3) is 0.423. The number of hydrogen-bond donors (Lipinski definition) is 1. The Morgan fingerprint density at radius 2 is 1.97 bits per heavy atom. The third-order valence-electron chi connectivity index (χ3n) is 6.55. The van der Waals surface area contributed by atoms with Crippen LogP contribution in [0.2, 0.25) is 0 Å². The van der Waals surface area contributed by atoms with Gasteiger partial charge in [0.15, 0.2) is 0 Å². The van der Waals surface area contributed by atoms with Gasteiger partial charge in [-0.1, -0.05) is 12.1 Å². The van der Waals surface area contributed by atoms with Crippen molar-refractivity contribution in [1.29, 1.82) is 0 Å². The molecule has 5 rings (SSSR count). The van der Waals surface area contributed by atoms with E-state index in [2.05, 4.69) is 28.2 Å². The van der Waals surface area contributed by atoms with Gasteiger partial charge in [0, 0.05) is 12.1 Å².